The van der Waals surface area contributed by atoms with Crippen LogP contribution in [0.5, 0.6) is 0 Å². The quantitative estimate of drug-likeness (QED) is 0.599. The molecule has 2 aromatic carbocycles. The number of carbonyl (C=O) groups is 2. The predicted octanol–water partition coefficient (Wildman–Crippen LogP) is 4.06. The van der Waals surface area contributed by atoms with E-state index in [2.05, 4.69) is 16.0 Å². The first-order valence-electron chi connectivity index (χ1n) is 9.53. The zero-order valence-electron chi connectivity index (χ0n) is 17.2. The van der Waals surface area contributed by atoms with Gasteiger partial charge in [-0.05, 0) is 62.7 Å². The van der Waals surface area contributed by atoms with Crippen molar-refractivity contribution < 1.29 is 9.59 Å². The lowest BCUT2D eigenvalue weighted by Gasteiger charge is -2.13. The first-order valence-corrected chi connectivity index (χ1v) is 9.53. The Labute approximate surface area is 174 Å². The van der Waals surface area contributed by atoms with Gasteiger partial charge in [-0.3, -0.25) is 9.59 Å². The molecule has 3 rings (SSSR count). The van der Waals surface area contributed by atoms with Crippen molar-refractivity contribution in [1.82, 2.24) is 4.57 Å². The van der Waals surface area contributed by atoms with E-state index in [9.17, 15) is 14.4 Å². The molecule has 1 heterocycles. The van der Waals surface area contributed by atoms with Crippen molar-refractivity contribution in [1.29, 1.82) is 0 Å². The molecule has 0 aliphatic rings. The summed E-state index contributed by atoms with van der Waals surface area (Å²) in [7, 11) is 0. The van der Waals surface area contributed by atoms with Crippen molar-refractivity contribution in [3.63, 3.8) is 0 Å². The molecule has 7 nitrogen and oxygen atoms in total. The number of amides is 3. The van der Waals surface area contributed by atoms with Crippen LogP contribution in [0.3, 0.4) is 0 Å². The third-order valence-electron chi connectivity index (χ3n) is 4.55. The number of anilines is 3. The Bertz CT molecular complexity index is 1130. The molecule has 0 atom stereocenters. The fourth-order valence-electron chi connectivity index (χ4n) is 2.95. The molecular weight excluding hydrogens is 380 g/mol. The minimum absolute atomic E-state index is 0.0913. The molecule has 1 aromatic heterocycles. The molecule has 0 saturated heterocycles. The Morgan fingerprint density at radius 3 is 2.23 bits per heavy atom. The van der Waals surface area contributed by atoms with Gasteiger partial charge in [-0.15, -0.1) is 0 Å². The van der Waals surface area contributed by atoms with Crippen LogP contribution >= 0.6 is 0 Å². The first kappa shape index (κ1) is 20.9. The van der Waals surface area contributed by atoms with E-state index in [0.29, 0.717) is 17.1 Å². The third kappa shape index (κ3) is 5.35. The minimum Gasteiger partial charge on any atom is -0.325 e. The summed E-state index contributed by atoms with van der Waals surface area (Å²) < 4.78 is 1.33. The second-order valence-corrected chi connectivity index (χ2v) is 7.14. The Hall–Kier alpha value is -3.87. The van der Waals surface area contributed by atoms with Gasteiger partial charge in [0.25, 0.3) is 5.56 Å². The maximum atomic E-state index is 12.8. The van der Waals surface area contributed by atoms with Crippen molar-refractivity contribution in [3.05, 3.63) is 87.8 Å². The molecule has 0 unspecified atom stereocenters. The number of rotatable bonds is 5. The van der Waals surface area contributed by atoms with Crippen LogP contribution in [0.1, 0.15) is 16.8 Å². The maximum absolute atomic E-state index is 12.8. The van der Waals surface area contributed by atoms with Crippen molar-refractivity contribution in [3.8, 4) is 0 Å². The van der Waals surface area contributed by atoms with Gasteiger partial charge in [0.15, 0.2) is 0 Å². The molecule has 0 aliphatic heterocycles. The van der Waals surface area contributed by atoms with Crippen LogP contribution in [0.2, 0.25) is 0 Å². The zero-order chi connectivity index (χ0) is 21.7. The summed E-state index contributed by atoms with van der Waals surface area (Å²) in [5.74, 6) is -0.327. The summed E-state index contributed by atoms with van der Waals surface area (Å²) in [5.41, 5.74) is 3.63. The molecule has 30 heavy (non-hydrogen) atoms. The lowest BCUT2D eigenvalue weighted by Crippen LogP contribution is -2.32. The number of benzene rings is 2. The predicted molar refractivity (Wildman–Crippen MR) is 119 cm³/mol. The molecule has 0 aliphatic carbocycles. The number of nitrogens with one attached hydrogen (secondary N) is 3. The minimum atomic E-state index is -0.532. The Kier molecular flexibility index (Phi) is 6.32. The van der Waals surface area contributed by atoms with E-state index in [0.717, 1.165) is 11.1 Å². The maximum Gasteiger partial charge on any atom is 0.323 e. The standard InChI is InChI=1S/C23H24N4O3/c1-15-7-10-18(11-8-15)25-23(30)26-20-12-9-17(3)27(22(20)29)14-21(28)24-19-6-4-5-16(2)13-19/h4-13H,14H2,1-3H3,(H,24,28)(H2,25,26,30). The number of aromatic nitrogens is 1. The topological polar surface area (TPSA) is 92.2 Å². The number of pyridine rings is 1. The lowest BCUT2D eigenvalue weighted by atomic mass is 10.2. The van der Waals surface area contributed by atoms with Crippen molar-refractivity contribution in [2.75, 3.05) is 16.0 Å². The largest absolute Gasteiger partial charge is 0.325 e. The van der Waals surface area contributed by atoms with Crippen LogP contribution in [0.25, 0.3) is 0 Å². The van der Waals surface area contributed by atoms with Crippen molar-refractivity contribution in [2.45, 2.75) is 27.3 Å². The van der Waals surface area contributed by atoms with E-state index in [1.165, 1.54) is 10.6 Å². The van der Waals surface area contributed by atoms with Crippen LogP contribution in [0.4, 0.5) is 21.9 Å². The van der Waals surface area contributed by atoms with Crippen LogP contribution < -0.4 is 21.5 Å². The highest BCUT2D eigenvalue weighted by Gasteiger charge is 2.13. The van der Waals surface area contributed by atoms with Crippen LogP contribution in [0, 0.1) is 20.8 Å². The second kappa shape index (κ2) is 9.09. The first-order chi connectivity index (χ1) is 14.3. The molecule has 154 valence electrons. The van der Waals surface area contributed by atoms with Gasteiger partial charge in [-0.25, -0.2) is 4.79 Å². The highest BCUT2D eigenvalue weighted by Crippen LogP contribution is 2.11. The highest BCUT2D eigenvalue weighted by molar-refractivity contribution is 5.99. The Balaban J connectivity index is 1.71. The van der Waals surface area contributed by atoms with Crippen LogP contribution in [-0.2, 0) is 11.3 Å². The smallest absolute Gasteiger partial charge is 0.323 e. The van der Waals surface area contributed by atoms with Gasteiger partial charge in [0.1, 0.15) is 12.2 Å². The van der Waals surface area contributed by atoms with E-state index in [1.54, 1.807) is 31.2 Å². The number of carbonyl (C=O) groups excluding carboxylic acids is 2. The average molecular weight is 404 g/mol. The average Bonchev–Trinajstić information content (AvgIpc) is 2.69. The molecule has 0 spiro atoms. The Morgan fingerprint density at radius 2 is 1.53 bits per heavy atom. The van der Waals surface area contributed by atoms with Crippen LogP contribution in [-0.4, -0.2) is 16.5 Å². The third-order valence-corrected chi connectivity index (χ3v) is 4.55. The van der Waals surface area contributed by atoms with E-state index in [1.807, 2.05) is 44.2 Å². The van der Waals surface area contributed by atoms with Gasteiger partial charge in [0.05, 0.1) is 0 Å². The lowest BCUT2D eigenvalue weighted by molar-refractivity contribution is -0.116. The fourth-order valence-corrected chi connectivity index (χ4v) is 2.95. The molecule has 0 radical (unpaired) electrons. The van der Waals surface area contributed by atoms with E-state index in [-0.39, 0.29) is 18.1 Å². The number of nitrogens with zero attached hydrogens (tertiary/aromatic N) is 1. The molecular formula is C23H24N4O3. The molecule has 3 aromatic rings. The van der Waals surface area contributed by atoms with Crippen molar-refractivity contribution >= 4 is 29.0 Å². The van der Waals surface area contributed by atoms with Gasteiger partial charge >= 0.3 is 6.03 Å². The molecule has 3 amide bonds. The van der Waals surface area contributed by atoms with E-state index in [4.69, 9.17) is 0 Å². The number of urea groups is 1. The van der Waals surface area contributed by atoms with E-state index < -0.39 is 11.6 Å². The summed E-state index contributed by atoms with van der Waals surface area (Å²) in [5, 5.41) is 8.02. The van der Waals surface area contributed by atoms with Gasteiger partial charge in [-0.2, -0.15) is 0 Å². The van der Waals surface area contributed by atoms with Gasteiger partial charge in [0, 0.05) is 17.1 Å². The van der Waals surface area contributed by atoms with Gasteiger partial charge in [-0.1, -0.05) is 29.8 Å². The van der Waals surface area contributed by atoms with Crippen LogP contribution in [0.15, 0.2) is 65.5 Å². The molecule has 0 bridgehead atoms. The Morgan fingerprint density at radius 1 is 0.800 bits per heavy atom. The molecule has 0 saturated carbocycles. The summed E-state index contributed by atoms with van der Waals surface area (Å²) in [6.07, 6.45) is 0. The highest BCUT2D eigenvalue weighted by atomic mass is 16.2. The monoisotopic (exact) mass is 404 g/mol. The number of hydrogen-bond acceptors (Lipinski definition) is 3. The SMILES string of the molecule is Cc1ccc(NC(=O)Nc2ccc(C)n(CC(=O)Nc3cccc(C)c3)c2=O)cc1. The summed E-state index contributed by atoms with van der Waals surface area (Å²) in [6, 6.07) is 17.4. The van der Waals surface area contributed by atoms with E-state index >= 15 is 0 Å². The molecule has 7 heteroatoms. The fraction of sp³-hybridized carbons (Fsp3) is 0.174. The van der Waals surface area contributed by atoms with Gasteiger partial charge in [0.2, 0.25) is 5.91 Å². The summed E-state index contributed by atoms with van der Waals surface area (Å²) in [4.78, 5) is 37.5. The zero-order valence-corrected chi connectivity index (χ0v) is 17.2. The molecule has 0 fully saturated rings. The summed E-state index contributed by atoms with van der Waals surface area (Å²) >= 11 is 0. The van der Waals surface area contributed by atoms with Crippen molar-refractivity contribution in [2.24, 2.45) is 0 Å². The van der Waals surface area contributed by atoms with Gasteiger partial charge < -0.3 is 20.5 Å². The molecule has 3 N–H and O–H groups in total. The normalized spacial score (nSPS) is 10.4. The summed E-state index contributed by atoms with van der Waals surface area (Å²) in [6.45, 7) is 5.46. The second-order valence-electron chi connectivity index (χ2n) is 7.14. The number of aryl methyl sites for hydroxylation is 3. The number of hydrogen-bond donors (Lipinski definition) is 3.